The topological polar surface area (TPSA) is 140 Å². The number of ether oxygens (including phenoxy) is 1. The summed E-state index contributed by atoms with van der Waals surface area (Å²) in [5.41, 5.74) is 0.253. The van der Waals surface area contributed by atoms with E-state index < -0.39 is 23.2 Å². The number of benzene rings is 1. The lowest BCUT2D eigenvalue weighted by atomic mass is 10.1. The van der Waals surface area contributed by atoms with Crippen molar-refractivity contribution in [3.63, 3.8) is 0 Å². The van der Waals surface area contributed by atoms with Crippen molar-refractivity contribution in [2.45, 2.75) is 39.4 Å². The van der Waals surface area contributed by atoms with E-state index in [2.05, 4.69) is 25.6 Å². The highest BCUT2D eigenvalue weighted by molar-refractivity contribution is 7.13. The fourth-order valence-corrected chi connectivity index (χ4v) is 6.46. The Bertz CT molecular complexity index is 1950. The van der Waals surface area contributed by atoms with Gasteiger partial charge >= 0.3 is 6.18 Å². The highest BCUT2D eigenvalue weighted by atomic mass is 35.5. The Morgan fingerprint density at radius 2 is 1.91 bits per heavy atom. The number of alkyl halides is 3. The molecule has 18 heteroatoms. The normalized spacial score (nSPS) is 15.7. The lowest BCUT2D eigenvalue weighted by molar-refractivity contribution is -0.137. The predicted molar refractivity (Wildman–Crippen MR) is 168 cm³/mol. The molecule has 1 fully saturated rings. The molecule has 0 atom stereocenters. The Morgan fingerprint density at radius 1 is 1.15 bits per heavy atom. The maximum absolute atomic E-state index is 14.1. The third kappa shape index (κ3) is 6.59. The van der Waals surface area contributed by atoms with Gasteiger partial charge < -0.3 is 24.4 Å². The fourth-order valence-electron chi connectivity index (χ4n) is 5.57. The Hall–Kier alpha value is -4.35. The molecule has 2 aliphatic rings. The smallest absolute Gasteiger partial charge is 0.377 e. The second-order valence-corrected chi connectivity index (χ2v) is 12.5. The number of nitrogens with one attached hydrogen (secondary N) is 1. The second-order valence-electron chi connectivity index (χ2n) is 10.9. The molecule has 1 aromatic carbocycles. The largest absolute Gasteiger partial charge is 0.416 e. The molecule has 47 heavy (non-hydrogen) atoms. The summed E-state index contributed by atoms with van der Waals surface area (Å²) in [4.78, 5) is 48.7. The van der Waals surface area contributed by atoms with Crippen LogP contribution < -0.4 is 15.8 Å². The minimum atomic E-state index is -4.60. The van der Waals surface area contributed by atoms with Crippen LogP contribution in [0.3, 0.4) is 0 Å². The molecule has 13 nitrogen and oxygen atoms in total. The molecule has 3 aromatic heterocycles. The van der Waals surface area contributed by atoms with Gasteiger partial charge in [0, 0.05) is 26.2 Å². The molecule has 1 N–H and O–H groups in total. The minimum Gasteiger partial charge on any atom is -0.377 e. The molecule has 6 rings (SSSR count). The summed E-state index contributed by atoms with van der Waals surface area (Å²) in [6, 6.07) is 2.66. The van der Waals surface area contributed by atoms with E-state index in [9.17, 15) is 27.6 Å². The van der Waals surface area contributed by atoms with Gasteiger partial charge in [0.25, 0.3) is 11.5 Å². The zero-order valence-corrected chi connectivity index (χ0v) is 26.9. The molecule has 0 bridgehead atoms. The lowest BCUT2D eigenvalue weighted by Gasteiger charge is -2.36. The Morgan fingerprint density at radius 3 is 2.53 bits per heavy atom. The van der Waals surface area contributed by atoms with E-state index in [0.717, 1.165) is 23.8 Å². The van der Waals surface area contributed by atoms with Crippen molar-refractivity contribution in [1.29, 1.82) is 0 Å². The van der Waals surface area contributed by atoms with Gasteiger partial charge in [-0.15, -0.1) is 15.3 Å². The average Bonchev–Trinajstić information content (AvgIpc) is 3.70. The summed E-state index contributed by atoms with van der Waals surface area (Å²) in [5, 5.41) is 15.7. The van der Waals surface area contributed by atoms with E-state index in [4.69, 9.17) is 16.3 Å². The van der Waals surface area contributed by atoms with Gasteiger partial charge in [-0.05, 0) is 43.5 Å². The molecule has 0 saturated carbocycles. The Balaban J connectivity index is 1.35. The number of carbonyl (C=O) groups is 2. The predicted octanol–water partition coefficient (Wildman–Crippen LogP) is 3.69. The van der Waals surface area contributed by atoms with Crippen LogP contribution in [0.4, 0.5) is 24.5 Å². The van der Waals surface area contributed by atoms with Crippen molar-refractivity contribution in [2.24, 2.45) is 0 Å². The first-order chi connectivity index (χ1) is 22.4. The summed E-state index contributed by atoms with van der Waals surface area (Å²) in [7, 11) is 0. The van der Waals surface area contributed by atoms with E-state index in [1.807, 2.05) is 17.9 Å². The van der Waals surface area contributed by atoms with Crippen molar-refractivity contribution in [1.82, 2.24) is 34.3 Å². The number of hydrogen-bond donors (Lipinski definition) is 1. The van der Waals surface area contributed by atoms with Crippen molar-refractivity contribution >= 4 is 57.5 Å². The quantitative estimate of drug-likeness (QED) is 0.307. The molecule has 248 valence electrons. The molecule has 0 unspecified atom stereocenters. The first-order valence-corrected chi connectivity index (χ1v) is 15.9. The molecule has 0 spiro atoms. The number of carbonyl (C=O) groups excluding carboxylic acids is 2. The fraction of sp³-hybridized carbons (Fsp3) is 0.414. The number of nitrogens with zero attached hydrogens (tertiary/aromatic N) is 8. The van der Waals surface area contributed by atoms with E-state index in [1.54, 1.807) is 16.4 Å². The number of fused-ring (bicyclic) bond motifs is 1. The second kappa shape index (κ2) is 13.0. The molecule has 4 aromatic rings. The van der Waals surface area contributed by atoms with Crippen LogP contribution >= 0.6 is 22.9 Å². The maximum atomic E-state index is 14.1. The van der Waals surface area contributed by atoms with Crippen molar-refractivity contribution < 1.29 is 27.5 Å². The van der Waals surface area contributed by atoms with Gasteiger partial charge in [0.2, 0.25) is 16.7 Å². The van der Waals surface area contributed by atoms with Gasteiger partial charge in [-0.1, -0.05) is 35.9 Å². The summed E-state index contributed by atoms with van der Waals surface area (Å²) >= 11 is 7.31. The number of anilines is 2. The van der Waals surface area contributed by atoms with Gasteiger partial charge in [-0.25, -0.2) is 0 Å². The Kier molecular flexibility index (Phi) is 9.04. The van der Waals surface area contributed by atoms with Gasteiger partial charge in [0.05, 0.1) is 35.2 Å². The first-order valence-electron chi connectivity index (χ1n) is 14.7. The van der Waals surface area contributed by atoms with Gasteiger partial charge in [-0.2, -0.15) is 22.7 Å². The number of halogens is 4. The van der Waals surface area contributed by atoms with Gasteiger partial charge in [-0.3, -0.25) is 14.4 Å². The highest BCUT2D eigenvalue weighted by Crippen LogP contribution is 2.34. The van der Waals surface area contributed by atoms with E-state index in [-0.39, 0.29) is 28.9 Å². The summed E-state index contributed by atoms with van der Waals surface area (Å²) in [5.74, 6) is -0.377. The number of amides is 2. The van der Waals surface area contributed by atoms with Crippen LogP contribution in [-0.4, -0.2) is 85.5 Å². The third-order valence-electron chi connectivity index (χ3n) is 7.88. The van der Waals surface area contributed by atoms with Crippen molar-refractivity contribution in [3.8, 4) is 0 Å². The lowest BCUT2D eigenvalue weighted by Crippen LogP contribution is -2.51. The summed E-state index contributed by atoms with van der Waals surface area (Å²) in [6.07, 6.45) is -1.89. The zero-order valence-electron chi connectivity index (χ0n) is 25.3. The van der Waals surface area contributed by atoms with E-state index in [0.29, 0.717) is 79.5 Å². The van der Waals surface area contributed by atoms with Crippen LogP contribution in [0, 0.1) is 6.92 Å². The minimum absolute atomic E-state index is 0.000865. The first kappa shape index (κ1) is 32.6. The maximum Gasteiger partial charge on any atom is 0.416 e. The molecule has 2 amide bonds. The summed E-state index contributed by atoms with van der Waals surface area (Å²) < 4.78 is 47.6. The molecule has 0 aliphatic carbocycles. The van der Waals surface area contributed by atoms with Crippen LogP contribution in [0.5, 0.6) is 0 Å². The molecule has 5 heterocycles. The summed E-state index contributed by atoms with van der Waals surface area (Å²) in [6.45, 7) is 5.40. The molecule has 2 aliphatic heterocycles. The van der Waals surface area contributed by atoms with Gasteiger partial charge in [0.15, 0.2) is 5.82 Å². The number of piperazine rings is 1. The molecular weight excluding hydrogens is 663 g/mol. The SMILES string of the molecule is CCc1c(N2CCN(C(=O)c3nnc(C)s3)CC2)c(=O)n2nc(C3=CCOCC3)nc2n1CC(=O)Nc1ccc(C(F)(F)F)cc1Cl. The number of aromatic nitrogens is 6. The van der Waals surface area contributed by atoms with Crippen LogP contribution in [0.2, 0.25) is 5.02 Å². The van der Waals surface area contributed by atoms with Crippen LogP contribution in [-0.2, 0) is 28.7 Å². The van der Waals surface area contributed by atoms with Crippen LogP contribution in [0.25, 0.3) is 11.4 Å². The van der Waals surface area contributed by atoms with E-state index in [1.165, 1.54) is 15.9 Å². The van der Waals surface area contributed by atoms with Gasteiger partial charge in [0.1, 0.15) is 17.2 Å². The molecule has 1 saturated heterocycles. The number of rotatable bonds is 7. The van der Waals surface area contributed by atoms with Crippen molar-refractivity contribution in [3.05, 3.63) is 66.7 Å². The molecule has 0 radical (unpaired) electrons. The standard InChI is InChI=1S/C29H29ClF3N9O4S/c1-3-21-23(39-8-10-40(11-9-39)27(45)25-37-36-16(2)47-25)26(44)42-28(35-24(38-42)17-6-12-46-13-7-17)41(21)15-22(43)34-20-5-4-18(14-19(20)30)29(31,32)33/h4-6,14H,3,7-13,15H2,1-2H3,(H,34,43). The number of hydrogen-bond acceptors (Lipinski definition) is 10. The van der Waals surface area contributed by atoms with Crippen LogP contribution in [0.15, 0.2) is 29.1 Å². The molecular formula is C29H29ClF3N9O4S. The van der Waals surface area contributed by atoms with Crippen molar-refractivity contribution in [2.75, 3.05) is 49.6 Å². The third-order valence-corrected chi connectivity index (χ3v) is 9.01. The average molecular weight is 692 g/mol. The highest BCUT2D eigenvalue weighted by Gasteiger charge is 2.32. The van der Waals surface area contributed by atoms with Crippen LogP contribution in [0.1, 0.15) is 45.2 Å². The zero-order chi connectivity index (χ0) is 33.5. The Labute approximate surface area is 274 Å². The van der Waals surface area contributed by atoms with E-state index >= 15 is 0 Å². The monoisotopic (exact) mass is 691 g/mol. The number of aryl methyl sites for hydroxylation is 1.